The van der Waals surface area contributed by atoms with E-state index in [0.29, 0.717) is 5.75 Å². The van der Waals surface area contributed by atoms with Crippen molar-refractivity contribution in [3.63, 3.8) is 0 Å². The molecule has 0 amide bonds. The highest BCUT2D eigenvalue weighted by Crippen LogP contribution is 2.26. The van der Waals surface area contributed by atoms with Gasteiger partial charge in [0.25, 0.3) is 0 Å². The van der Waals surface area contributed by atoms with E-state index in [0.717, 1.165) is 10.8 Å². The average Bonchev–Trinajstić information content (AvgIpc) is 2.44. The van der Waals surface area contributed by atoms with Crippen LogP contribution in [0.1, 0.15) is 20.8 Å². The van der Waals surface area contributed by atoms with Crippen molar-refractivity contribution >= 4 is 16.7 Å². The molecule has 0 aliphatic carbocycles. The molecule has 0 radical (unpaired) electrons. The van der Waals surface area contributed by atoms with Gasteiger partial charge < -0.3 is 9.84 Å². The summed E-state index contributed by atoms with van der Waals surface area (Å²) in [4.78, 5) is 11.5. The summed E-state index contributed by atoms with van der Waals surface area (Å²) in [5, 5.41) is 14.5. The molecular weight excluding hydrogens is 266 g/mol. The van der Waals surface area contributed by atoms with E-state index in [1.54, 1.807) is 6.92 Å². The number of aliphatic carboxylic acids is 1. The molecule has 0 saturated carbocycles. The van der Waals surface area contributed by atoms with Crippen LogP contribution in [0.25, 0.3) is 10.8 Å². The van der Waals surface area contributed by atoms with Gasteiger partial charge in [-0.1, -0.05) is 36.4 Å². The van der Waals surface area contributed by atoms with Gasteiger partial charge in [-0.2, -0.15) is 0 Å². The highest BCUT2D eigenvalue weighted by molar-refractivity contribution is 5.88. The molecule has 0 spiro atoms. The van der Waals surface area contributed by atoms with Crippen molar-refractivity contribution in [3.8, 4) is 5.75 Å². The summed E-state index contributed by atoms with van der Waals surface area (Å²) in [5.41, 5.74) is -1.12. The van der Waals surface area contributed by atoms with Crippen LogP contribution in [0.5, 0.6) is 5.75 Å². The Kier molecular flexibility index (Phi) is 4.48. The van der Waals surface area contributed by atoms with Crippen LogP contribution in [0.3, 0.4) is 0 Å². The van der Waals surface area contributed by atoms with E-state index in [-0.39, 0.29) is 12.6 Å². The second-order valence-corrected chi connectivity index (χ2v) is 5.70. The van der Waals surface area contributed by atoms with Crippen molar-refractivity contribution in [1.82, 2.24) is 5.32 Å². The average molecular weight is 287 g/mol. The lowest BCUT2D eigenvalue weighted by atomic mass is 10.0. The van der Waals surface area contributed by atoms with Crippen molar-refractivity contribution in [2.24, 2.45) is 0 Å². The third-order valence-electron chi connectivity index (χ3n) is 3.35. The van der Waals surface area contributed by atoms with Crippen molar-refractivity contribution in [2.45, 2.75) is 32.4 Å². The Morgan fingerprint density at radius 3 is 2.57 bits per heavy atom. The van der Waals surface area contributed by atoms with E-state index in [2.05, 4.69) is 5.32 Å². The van der Waals surface area contributed by atoms with Crippen LogP contribution < -0.4 is 10.1 Å². The molecule has 1 unspecified atom stereocenters. The number of hydrogen-bond acceptors (Lipinski definition) is 3. The molecule has 2 aromatic carbocycles. The van der Waals surface area contributed by atoms with E-state index in [9.17, 15) is 9.90 Å². The van der Waals surface area contributed by atoms with Gasteiger partial charge in [0.05, 0.1) is 0 Å². The Morgan fingerprint density at radius 2 is 1.90 bits per heavy atom. The Morgan fingerprint density at radius 1 is 1.24 bits per heavy atom. The summed E-state index contributed by atoms with van der Waals surface area (Å²) in [5.74, 6) is -0.220. The summed E-state index contributed by atoms with van der Waals surface area (Å²) in [6.07, 6.45) is 0. The SMILES string of the molecule is CC(C)NC(C)(COc1cccc2ccccc12)C(=O)O. The van der Waals surface area contributed by atoms with E-state index in [4.69, 9.17) is 4.74 Å². The molecule has 0 aliphatic heterocycles. The first-order valence-electron chi connectivity index (χ1n) is 7.04. The Balaban J connectivity index is 2.22. The topological polar surface area (TPSA) is 58.6 Å². The minimum Gasteiger partial charge on any atom is -0.490 e. The Labute approximate surface area is 124 Å². The van der Waals surface area contributed by atoms with E-state index < -0.39 is 11.5 Å². The maximum Gasteiger partial charge on any atom is 0.327 e. The van der Waals surface area contributed by atoms with Gasteiger partial charge in [-0.05, 0) is 32.2 Å². The summed E-state index contributed by atoms with van der Waals surface area (Å²) >= 11 is 0. The van der Waals surface area contributed by atoms with Gasteiger partial charge in [0, 0.05) is 11.4 Å². The lowest BCUT2D eigenvalue weighted by molar-refractivity contribution is -0.145. The van der Waals surface area contributed by atoms with Crippen LogP contribution in [0, 0.1) is 0 Å². The first-order chi connectivity index (χ1) is 9.92. The monoisotopic (exact) mass is 287 g/mol. The van der Waals surface area contributed by atoms with Crippen molar-refractivity contribution in [1.29, 1.82) is 0 Å². The zero-order chi connectivity index (χ0) is 15.5. The van der Waals surface area contributed by atoms with Crippen LogP contribution in [0.2, 0.25) is 0 Å². The number of carboxylic acid groups (broad SMARTS) is 1. The standard InChI is InChI=1S/C17H21NO3/c1-12(2)18-17(3,16(19)20)11-21-15-10-6-8-13-7-4-5-9-14(13)15/h4-10,12,18H,11H2,1-3H3,(H,19,20). The second-order valence-electron chi connectivity index (χ2n) is 5.70. The molecular formula is C17H21NO3. The van der Waals surface area contributed by atoms with Gasteiger partial charge in [0.1, 0.15) is 17.9 Å². The Bertz CT molecular complexity index is 633. The number of benzene rings is 2. The number of carboxylic acids is 1. The minimum absolute atomic E-state index is 0.0576. The molecule has 0 aliphatic rings. The predicted octanol–water partition coefficient (Wildman–Crippen LogP) is 3.06. The highest BCUT2D eigenvalue weighted by atomic mass is 16.5. The molecule has 1 atom stereocenters. The number of fused-ring (bicyclic) bond motifs is 1. The van der Waals surface area contributed by atoms with Crippen LogP contribution in [-0.2, 0) is 4.79 Å². The summed E-state index contributed by atoms with van der Waals surface area (Å²) < 4.78 is 5.80. The molecule has 2 N–H and O–H groups in total. The number of ether oxygens (including phenoxy) is 1. The molecule has 0 heterocycles. The van der Waals surface area contributed by atoms with Gasteiger partial charge in [-0.15, -0.1) is 0 Å². The molecule has 0 bridgehead atoms. The smallest absolute Gasteiger partial charge is 0.327 e. The lowest BCUT2D eigenvalue weighted by Crippen LogP contribution is -2.56. The zero-order valence-corrected chi connectivity index (χ0v) is 12.6. The summed E-state index contributed by atoms with van der Waals surface area (Å²) in [6.45, 7) is 5.53. The molecule has 2 aromatic rings. The Hall–Kier alpha value is -2.07. The predicted molar refractivity (Wildman–Crippen MR) is 83.8 cm³/mol. The number of rotatable bonds is 6. The first-order valence-corrected chi connectivity index (χ1v) is 7.04. The fourth-order valence-corrected chi connectivity index (χ4v) is 2.35. The van der Waals surface area contributed by atoms with E-state index >= 15 is 0 Å². The van der Waals surface area contributed by atoms with Crippen LogP contribution in [-0.4, -0.2) is 29.3 Å². The van der Waals surface area contributed by atoms with Crippen molar-refractivity contribution in [3.05, 3.63) is 42.5 Å². The van der Waals surface area contributed by atoms with Crippen LogP contribution >= 0.6 is 0 Å². The quantitative estimate of drug-likeness (QED) is 0.857. The third kappa shape index (κ3) is 3.52. The van der Waals surface area contributed by atoms with Crippen molar-refractivity contribution in [2.75, 3.05) is 6.61 Å². The van der Waals surface area contributed by atoms with Gasteiger partial charge in [0.15, 0.2) is 0 Å². The first kappa shape index (κ1) is 15.3. The summed E-state index contributed by atoms with van der Waals surface area (Å²) in [7, 11) is 0. The molecule has 4 heteroatoms. The second kappa shape index (κ2) is 6.14. The maximum absolute atomic E-state index is 11.5. The number of carbonyl (C=O) groups is 1. The molecule has 21 heavy (non-hydrogen) atoms. The van der Waals surface area contributed by atoms with Crippen LogP contribution in [0.15, 0.2) is 42.5 Å². The molecule has 4 nitrogen and oxygen atoms in total. The molecule has 0 saturated heterocycles. The van der Waals surface area contributed by atoms with Gasteiger partial charge in [0.2, 0.25) is 0 Å². The minimum atomic E-state index is -1.12. The molecule has 112 valence electrons. The zero-order valence-electron chi connectivity index (χ0n) is 12.6. The molecule has 0 aromatic heterocycles. The normalized spacial score (nSPS) is 14.1. The molecule has 0 fully saturated rings. The lowest BCUT2D eigenvalue weighted by Gasteiger charge is -2.28. The van der Waals surface area contributed by atoms with E-state index in [1.165, 1.54) is 0 Å². The van der Waals surface area contributed by atoms with Crippen LogP contribution in [0.4, 0.5) is 0 Å². The van der Waals surface area contributed by atoms with Crippen molar-refractivity contribution < 1.29 is 14.6 Å². The number of hydrogen-bond donors (Lipinski definition) is 2. The summed E-state index contributed by atoms with van der Waals surface area (Å²) in [6, 6.07) is 13.7. The largest absolute Gasteiger partial charge is 0.490 e. The highest BCUT2D eigenvalue weighted by Gasteiger charge is 2.34. The van der Waals surface area contributed by atoms with Gasteiger partial charge in [-0.3, -0.25) is 10.1 Å². The number of nitrogens with one attached hydrogen (secondary N) is 1. The maximum atomic E-state index is 11.5. The molecule has 2 rings (SSSR count). The van der Waals surface area contributed by atoms with Gasteiger partial charge >= 0.3 is 5.97 Å². The fraction of sp³-hybridized carbons (Fsp3) is 0.353. The van der Waals surface area contributed by atoms with Gasteiger partial charge in [-0.25, -0.2) is 0 Å². The third-order valence-corrected chi connectivity index (χ3v) is 3.35. The van der Waals surface area contributed by atoms with E-state index in [1.807, 2.05) is 56.3 Å². The fourth-order valence-electron chi connectivity index (χ4n) is 2.35.